The largest absolute Gasteiger partial charge is 0.480 e. The Morgan fingerprint density at radius 3 is 1.69 bits per heavy atom. The lowest BCUT2D eigenvalue weighted by molar-refractivity contribution is -0.142. The van der Waals surface area contributed by atoms with Gasteiger partial charge in [-0.2, -0.15) is 0 Å². The van der Waals surface area contributed by atoms with E-state index in [-0.39, 0.29) is 12.8 Å². The third kappa shape index (κ3) is 10.8. The van der Waals surface area contributed by atoms with E-state index in [1.54, 1.807) is 20.8 Å². The highest BCUT2D eigenvalue weighted by Crippen LogP contribution is 2.33. The molecule has 210 valence electrons. The van der Waals surface area contributed by atoms with Crippen molar-refractivity contribution in [2.45, 2.75) is 83.0 Å². The smallest absolute Gasteiger partial charge is 0.408 e. The van der Waals surface area contributed by atoms with E-state index in [1.165, 1.54) is 0 Å². The summed E-state index contributed by atoms with van der Waals surface area (Å²) in [5.41, 5.74) is 0.839. The van der Waals surface area contributed by atoms with Crippen molar-refractivity contribution in [2.24, 2.45) is 5.92 Å². The Hall–Kier alpha value is -3.88. The van der Waals surface area contributed by atoms with Gasteiger partial charge in [-0.1, -0.05) is 73.5 Å². The highest BCUT2D eigenvalue weighted by atomic mass is 16.6. The number of benzene rings is 2. The molecule has 2 aromatic rings. The van der Waals surface area contributed by atoms with Gasteiger partial charge in [-0.05, 0) is 50.7 Å². The van der Waals surface area contributed by atoms with Crippen molar-refractivity contribution >= 4 is 23.9 Å². The van der Waals surface area contributed by atoms with E-state index in [9.17, 15) is 24.3 Å². The molecule has 0 saturated heterocycles. The maximum atomic E-state index is 13.5. The van der Waals surface area contributed by atoms with Crippen molar-refractivity contribution < 1.29 is 29.0 Å². The zero-order valence-electron chi connectivity index (χ0n) is 22.8. The summed E-state index contributed by atoms with van der Waals surface area (Å²) >= 11 is 0. The summed E-state index contributed by atoms with van der Waals surface area (Å²) in [6, 6.07) is 15.2. The van der Waals surface area contributed by atoms with E-state index < -0.39 is 47.6 Å². The fourth-order valence-electron chi connectivity index (χ4n) is 4.18. The minimum Gasteiger partial charge on any atom is -0.480 e. The second kappa shape index (κ2) is 13.8. The summed E-state index contributed by atoms with van der Waals surface area (Å²) in [5.74, 6) is -1.76. The Balaban J connectivity index is 1.78. The molecule has 1 saturated carbocycles. The summed E-state index contributed by atoms with van der Waals surface area (Å²) in [4.78, 5) is 51.3. The molecule has 0 radical (unpaired) electrons. The SMILES string of the molecule is CC(C)(C)OC(=O)NC(Cc1ccccc1)C(=O)NC(Cc1ccccc1)C(=O)NC(CCC1CC1)C(=O)O. The lowest BCUT2D eigenvalue weighted by atomic mass is 10.0. The van der Waals surface area contributed by atoms with E-state index in [4.69, 9.17) is 4.74 Å². The molecule has 0 bridgehead atoms. The van der Waals surface area contributed by atoms with E-state index in [0.29, 0.717) is 12.3 Å². The molecule has 0 aromatic heterocycles. The Morgan fingerprint density at radius 1 is 0.795 bits per heavy atom. The predicted molar refractivity (Wildman–Crippen MR) is 147 cm³/mol. The average Bonchev–Trinajstić information content (AvgIpc) is 3.70. The van der Waals surface area contributed by atoms with Crippen molar-refractivity contribution in [3.8, 4) is 0 Å². The maximum Gasteiger partial charge on any atom is 0.408 e. The van der Waals surface area contributed by atoms with E-state index in [1.807, 2.05) is 60.7 Å². The van der Waals surface area contributed by atoms with Gasteiger partial charge in [-0.15, -0.1) is 0 Å². The zero-order chi connectivity index (χ0) is 28.4. The van der Waals surface area contributed by atoms with Gasteiger partial charge in [-0.25, -0.2) is 9.59 Å². The molecular weight excluding hydrogens is 498 g/mol. The van der Waals surface area contributed by atoms with Crippen LogP contribution in [0, 0.1) is 5.92 Å². The van der Waals surface area contributed by atoms with Gasteiger partial charge in [0.2, 0.25) is 11.8 Å². The molecule has 3 atom stereocenters. The fourth-order valence-corrected chi connectivity index (χ4v) is 4.18. The summed E-state index contributed by atoms with van der Waals surface area (Å²) in [6.45, 7) is 5.17. The van der Waals surface area contributed by atoms with Crippen LogP contribution < -0.4 is 16.0 Å². The lowest BCUT2D eigenvalue weighted by Gasteiger charge is -2.26. The van der Waals surface area contributed by atoms with Crippen molar-refractivity contribution in [3.05, 3.63) is 71.8 Å². The summed E-state index contributed by atoms with van der Waals surface area (Å²) in [5, 5.41) is 17.7. The molecule has 3 unspecified atom stereocenters. The van der Waals surface area contributed by atoms with Gasteiger partial charge >= 0.3 is 12.1 Å². The number of hydrogen-bond donors (Lipinski definition) is 4. The molecule has 0 spiro atoms. The topological polar surface area (TPSA) is 134 Å². The zero-order valence-corrected chi connectivity index (χ0v) is 22.8. The fraction of sp³-hybridized carbons (Fsp3) is 0.467. The standard InChI is InChI=1S/C30H39N3O6/c1-30(2,3)39-29(38)33-25(19-22-12-8-5-9-13-22)27(35)32-24(18-21-10-6-4-7-11-21)26(34)31-23(28(36)37)17-16-20-14-15-20/h4-13,20,23-25H,14-19H2,1-3H3,(H,31,34)(H,32,35)(H,33,38)(H,36,37). The first kappa shape index (κ1) is 29.7. The number of hydrogen-bond acceptors (Lipinski definition) is 5. The van der Waals surface area contributed by atoms with Gasteiger partial charge in [0, 0.05) is 12.8 Å². The molecule has 0 heterocycles. The number of carboxylic acid groups (broad SMARTS) is 1. The van der Waals surface area contributed by atoms with Gasteiger partial charge in [0.15, 0.2) is 0 Å². The molecule has 0 aliphatic heterocycles. The van der Waals surface area contributed by atoms with Gasteiger partial charge in [0.25, 0.3) is 0 Å². The maximum absolute atomic E-state index is 13.5. The lowest BCUT2D eigenvalue weighted by Crippen LogP contribution is -2.57. The number of nitrogens with one attached hydrogen (secondary N) is 3. The number of ether oxygens (including phenoxy) is 1. The number of carbonyl (C=O) groups excluding carboxylic acids is 3. The number of alkyl carbamates (subject to hydrolysis) is 1. The molecule has 3 amide bonds. The third-order valence-electron chi connectivity index (χ3n) is 6.38. The molecule has 9 heteroatoms. The number of rotatable bonds is 13. The highest BCUT2D eigenvalue weighted by Gasteiger charge is 2.32. The molecule has 1 fully saturated rings. The number of amides is 3. The molecule has 2 aromatic carbocycles. The Bertz CT molecular complexity index is 1110. The predicted octanol–water partition coefficient (Wildman–Crippen LogP) is 3.61. The van der Waals surface area contributed by atoms with Gasteiger partial charge < -0.3 is 25.8 Å². The van der Waals surface area contributed by atoms with E-state index in [0.717, 1.165) is 30.4 Å². The van der Waals surface area contributed by atoms with Crippen LogP contribution in [-0.4, -0.2) is 52.7 Å². The average molecular weight is 538 g/mol. The normalized spacial score (nSPS) is 15.4. The summed E-state index contributed by atoms with van der Waals surface area (Å²) in [7, 11) is 0. The van der Waals surface area contributed by atoms with Gasteiger partial charge in [0.1, 0.15) is 23.7 Å². The van der Waals surface area contributed by atoms with Gasteiger partial charge in [0.05, 0.1) is 0 Å². The summed E-state index contributed by atoms with van der Waals surface area (Å²) < 4.78 is 5.36. The monoisotopic (exact) mass is 537 g/mol. The van der Waals surface area contributed by atoms with Crippen molar-refractivity contribution in [2.75, 3.05) is 0 Å². The van der Waals surface area contributed by atoms with Crippen LogP contribution in [-0.2, 0) is 32.0 Å². The Morgan fingerprint density at radius 2 is 1.26 bits per heavy atom. The molecule has 1 aliphatic carbocycles. The second-order valence-corrected chi connectivity index (χ2v) is 11.1. The molecule has 4 N–H and O–H groups in total. The number of carbonyl (C=O) groups is 4. The van der Waals surface area contributed by atoms with Crippen LogP contribution in [0.3, 0.4) is 0 Å². The van der Waals surface area contributed by atoms with E-state index in [2.05, 4.69) is 16.0 Å². The highest BCUT2D eigenvalue weighted by molar-refractivity contribution is 5.93. The minimum atomic E-state index is -1.11. The van der Waals surface area contributed by atoms with Crippen LogP contribution in [0.1, 0.15) is 57.6 Å². The molecular formula is C30H39N3O6. The van der Waals surface area contributed by atoms with Crippen LogP contribution >= 0.6 is 0 Å². The van der Waals surface area contributed by atoms with Crippen molar-refractivity contribution in [1.29, 1.82) is 0 Å². The first-order chi connectivity index (χ1) is 18.5. The van der Waals surface area contributed by atoms with Crippen LogP contribution in [0.25, 0.3) is 0 Å². The Labute approximate surface area is 229 Å². The van der Waals surface area contributed by atoms with Crippen LogP contribution in [0.2, 0.25) is 0 Å². The quantitative estimate of drug-likeness (QED) is 0.308. The molecule has 1 aliphatic rings. The van der Waals surface area contributed by atoms with Crippen molar-refractivity contribution in [1.82, 2.24) is 16.0 Å². The molecule has 39 heavy (non-hydrogen) atoms. The third-order valence-corrected chi connectivity index (χ3v) is 6.38. The number of aliphatic carboxylic acids is 1. The minimum absolute atomic E-state index is 0.151. The molecule has 9 nitrogen and oxygen atoms in total. The van der Waals surface area contributed by atoms with Crippen LogP contribution in [0.5, 0.6) is 0 Å². The Kier molecular flexibility index (Phi) is 10.5. The first-order valence-corrected chi connectivity index (χ1v) is 13.4. The van der Waals surface area contributed by atoms with Gasteiger partial charge in [-0.3, -0.25) is 9.59 Å². The van der Waals surface area contributed by atoms with E-state index >= 15 is 0 Å². The van der Waals surface area contributed by atoms with Crippen LogP contribution in [0.15, 0.2) is 60.7 Å². The van der Waals surface area contributed by atoms with Crippen LogP contribution in [0.4, 0.5) is 4.79 Å². The van der Waals surface area contributed by atoms with Crippen molar-refractivity contribution in [3.63, 3.8) is 0 Å². The number of carboxylic acids is 1. The second-order valence-electron chi connectivity index (χ2n) is 11.1. The molecule has 3 rings (SSSR count). The summed E-state index contributed by atoms with van der Waals surface area (Å²) in [6.07, 6.45) is 2.79. The first-order valence-electron chi connectivity index (χ1n) is 13.4.